The number of imidazole rings is 2. The zero-order valence-corrected chi connectivity index (χ0v) is 15.1. The molecule has 5 aromatic rings. The minimum Gasteiger partial charge on any atom is -0.467 e. The van der Waals surface area contributed by atoms with Gasteiger partial charge in [0.25, 0.3) is 0 Å². The van der Waals surface area contributed by atoms with Gasteiger partial charge in [-0.3, -0.25) is 0 Å². The van der Waals surface area contributed by atoms with Gasteiger partial charge in [0.2, 0.25) is 0 Å². The smallest absolute Gasteiger partial charge is 0.131 e. The first-order chi connectivity index (χ1) is 13.9. The van der Waals surface area contributed by atoms with Gasteiger partial charge in [-0.05, 0) is 17.7 Å². The van der Waals surface area contributed by atoms with Crippen molar-refractivity contribution in [1.29, 1.82) is 0 Å². The van der Waals surface area contributed by atoms with Crippen molar-refractivity contribution in [1.82, 2.24) is 19.5 Å². The minimum absolute atomic E-state index is 0.139. The van der Waals surface area contributed by atoms with E-state index < -0.39 is 0 Å². The van der Waals surface area contributed by atoms with Crippen LogP contribution in [-0.4, -0.2) is 19.5 Å². The van der Waals surface area contributed by atoms with Crippen molar-refractivity contribution in [2.24, 2.45) is 0 Å². The highest BCUT2D eigenvalue weighted by molar-refractivity contribution is 5.76. The monoisotopic (exact) mass is 366 g/mol. The van der Waals surface area contributed by atoms with Crippen molar-refractivity contribution >= 4 is 0 Å². The fraction of sp³-hybridized carbons (Fsp3) is 0.0435. The van der Waals surface area contributed by atoms with Crippen LogP contribution in [-0.2, 0) is 0 Å². The second kappa shape index (κ2) is 7.04. The van der Waals surface area contributed by atoms with Gasteiger partial charge in [0.1, 0.15) is 11.8 Å². The molecular weight excluding hydrogens is 348 g/mol. The maximum atomic E-state index is 5.82. The normalized spacial score (nSPS) is 12.1. The van der Waals surface area contributed by atoms with E-state index in [9.17, 15) is 0 Å². The van der Waals surface area contributed by atoms with E-state index in [1.165, 1.54) is 0 Å². The first-order valence-corrected chi connectivity index (χ1v) is 9.11. The molecule has 0 radical (unpaired) electrons. The molecule has 1 atom stereocenters. The number of hydrogen-bond acceptors (Lipinski definition) is 3. The molecule has 0 saturated heterocycles. The van der Waals surface area contributed by atoms with Crippen LogP contribution in [0, 0.1) is 0 Å². The molecule has 2 aromatic carbocycles. The Labute approximate surface area is 162 Å². The highest BCUT2D eigenvalue weighted by atomic mass is 16.3. The number of nitrogens with one attached hydrogen (secondary N) is 1. The van der Waals surface area contributed by atoms with E-state index in [1.807, 2.05) is 61.1 Å². The van der Waals surface area contributed by atoms with Gasteiger partial charge in [-0.1, -0.05) is 60.7 Å². The Morgan fingerprint density at radius 3 is 2.36 bits per heavy atom. The van der Waals surface area contributed by atoms with Crippen molar-refractivity contribution in [3.05, 3.63) is 109 Å². The molecule has 5 heteroatoms. The predicted octanol–water partition coefficient (Wildman–Crippen LogP) is 5.17. The number of nitrogens with zero attached hydrogens (tertiary/aromatic N) is 3. The molecule has 0 saturated carbocycles. The van der Waals surface area contributed by atoms with Gasteiger partial charge in [-0.15, -0.1) is 0 Å². The maximum Gasteiger partial charge on any atom is 0.131 e. The Hall–Kier alpha value is -3.86. The summed E-state index contributed by atoms with van der Waals surface area (Å²) in [5, 5.41) is 0. The van der Waals surface area contributed by atoms with E-state index in [1.54, 1.807) is 12.6 Å². The van der Waals surface area contributed by atoms with E-state index in [4.69, 9.17) is 9.40 Å². The molecule has 0 spiro atoms. The Kier molecular flexibility index (Phi) is 4.10. The lowest BCUT2D eigenvalue weighted by Crippen LogP contribution is -2.12. The van der Waals surface area contributed by atoms with Gasteiger partial charge >= 0.3 is 0 Å². The van der Waals surface area contributed by atoms with Crippen LogP contribution in [0.15, 0.2) is 102 Å². The third kappa shape index (κ3) is 2.83. The second-order valence-corrected chi connectivity index (χ2v) is 6.51. The molecule has 0 aliphatic carbocycles. The Bertz CT molecular complexity index is 1140. The van der Waals surface area contributed by atoms with E-state index >= 15 is 0 Å². The average molecular weight is 366 g/mol. The number of furan rings is 1. The standard InChI is InChI=1S/C23H18N4O/c1-3-8-17(9-4-1)21-23(19-14-24-15-25-19)27(16-26-21)22(20-12-7-13-28-20)18-10-5-2-6-11-18/h1-16,22H,(H,24,25)/t22-/m1/s1. The number of aromatic nitrogens is 4. The summed E-state index contributed by atoms with van der Waals surface area (Å²) in [5.74, 6) is 0.851. The summed E-state index contributed by atoms with van der Waals surface area (Å²) in [4.78, 5) is 12.2. The third-order valence-corrected chi connectivity index (χ3v) is 4.80. The van der Waals surface area contributed by atoms with Crippen LogP contribution in [0.5, 0.6) is 0 Å². The molecule has 136 valence electrons. The SMILES string of the molecule is c1ccc(-c2ncn([C@H](c3ccccc3)c3ccco3)c2-c2cnc[nH]2)cc1. The quantitative estimate of drug-likeness (QED) is 0.467. The van der Waals surface area contributed by atoms with Crippen LogP contribution in [0.2, 0.25) is 0 Å². The molecule has 0 bridgehead atoms. The zero-order valence-electron chi connectivity index (χ0n) is 15.1. The van der Waals surface area contributed by atoms with Gasteiger partial charge in [-0.25, -0.2) is 9.97 Å². The maximum absolute atomic E-state index is 5.82. The molecule has 0 amide bonds. The van der Waals surface area contributed by atoms with Crippen molar-refractivity contribution in [2.75, 3.05) is 0 Å². The number of H-pyrrole nitrogens is 1. The fourth-order valence-corrected chi connectivity index (χ4v) is 3.56. The van der Waals surface area contributed by atoms with Gasteiger partial charge in [0.05, 0.1) is 42.2 Å². The summed E-state index contributed by atoms with van der Waals surface area (Å²) < 4.78 is 7.96. The molecule has 0 unspecified atom stereocenters. The summed E-state index contributed by atoms with van der Waals surface area (Å²) in [6, 6.07) is 24.2. The lowest BCUT2D eigenvalue weighted by Gasteiger charge is -2.20. The minimum atomic E-state index is -0.139. The molecule has 3 aromatic heterocycles. The topological polar surface area (TPSA) is 59.6 Å². The summed E-state index contributed by atoms with van der Waals surface area (Å²) in [7, 11) is 0. The van der Waals surface area contributed by atoms with Crippen LogP contribution < -0.4 is 0 Å². The van der Waals surface area contributed by atoms with Crippen LogP contribution in [0.4, 0.5) is 0 Å². The van der Waals surface area contributed by atoms with Gasteiger partial charge in [-0.2, -0.15) is 0 Å². The molecule has 3 heterocycles. The largest absolute Gasteiger partial charge is 0.467 e. The molecule has 5 rings (SSSR count). The van der Waals surface area contributed by atoms with Gasteiger partial charge < -0.3 is 14.0 Å². The number of hydrogen-bond donors (Lipinski definition) is 1. The molecule has 0 fully saturated rings. The second-order valence-electron chi connectivity index (χ2n) is 6.51. The molecular formula is C23H18N4O. The van der Waals surface area contributed by atoms with E-state index in [-0.39, 0.29) is 6.04 Å². The first kappa shape index (κ1) is 16.3. The Morgan fingerprint density at radius 2 is 1.68 bits per heavy atom. The van der Waals surface area contributed by atoms with Crippen molar-refractivity contribution < 1.29 is 4.42 Å². The Morgan fingerprint density at radius 1 is 0.893 bits per heavy atom. The molecule has 0 aliphatic rings. The van der Waals surface area contributed by atoms with E-state index in [0.29, 0.717) is 0 Å². The number of rotatable bonds is 5. The highest BCUT2D eigenvalue weighted by Gasteiger charge is 2.25. The van der Waals surface area contributed by atoms with E-state index in [2.05, 4.69) is 38.8 Å². The lowest BCUT2D eigenvalue weighted by atomic mass is 10.0. The Balaban J connectivity index is 1.76. The van der Waals surface area contributed by atoms with Crippen LogP contribution in [0.1, 0.15) is 17.4 Å². The lowest BCUT2D eigenvalue weighted by molar-refractivity contribution is 0.461. The van der Waals surface area contributed by atoms with Crippen molar-refractivity contribution in [3.8, 4) is 22.6 Å². The van der Waals surface area contributed by atoms with Gasteiger partial charge in [0, 0.05) is 5.56 Å². The third-order valence-electron chi connectivity index (χ3n) is 4.80. The highest BCUT2D eigenvalue weighted by Crippen LogP contribution is 2.36. The predicted molar refractivity (Wildman–Crippen MR) is 108 cm³/mol. The van der Waals surface area contributed by atoms with Crippen LogP contribution in [0.3, 0.4) is 0 Å². The summed E-state index contributed by atoms with van der Waals surface area (Å²) in [6.07, 6.45) is 7.09. The number of benzene rings is 2. The summed E-state index contributed by atoms with van der Waals surface area (Å²) in [5.41, 5.74) is 4.95. The summed E-state index contributed by atoms with van der Waals surface area (Å²) in [6.45, 7) is 0. The van der Waals surface area contributed by atoms with Crippen LogP contribution >= 0.6 is 0 Å². The molecule has 1 N–H and O–H groups in total. The summed E-state index contributed by atoms with van der Waals surface area (Å²) >= 11 is 0. The zero-order chi connectivity index (χ0) is 18.8. The number of aromatic amines is 1. The van der Waals surface area contributed by atoms with Crippen molar-refractivity contribution in [2.45, 2.75) is 6.04 Å². The fourth-order valence-electron chi connectivity index (χ4n) is 3.56. The van der Waals surface area contributed by atoms with Gasteiger partial charge in [0.15, 0.2) is 0 Å². The van der Waals surface area contributed by atoms with E-state index in [0.717, 1.165) is 34.0 Å². The van der Waals surface area contributed by atoms with Crippen molar-refractivity contribution in [3.63, 3.8) is 0 Å². The molecule has 28 heavy (non-hydrogen) atoms. The molecule has 5 nitrogen and oxygen atoms in total. The van der Waals surface area contributed by atoms with Crippen LogP contribution in [0.25, 0.3) is 22.6 Å². The average Bonchev–Trinajstić information content (AvgIpc) is 3.52. The molecule has 0 aliphatic heterocycles. The first-order valence-electron chi connectivity index (χ1n) is 9.11.